The van der Waals surface area contributed by atoms with Crippen molar-refractivity contribution in [2.24, 2.45) is 10.7 Å². The molecule has 2 N–H and O–H groups in total. The number of nitrogens with zero attached hydrogens (tertiary/aromatic N) is 3. The highest BCUT2D eigenvalue weighted by molar-refractivity contribution is 6.07. The number of fused-ring (bicyclic) bond motifs is 2. The minimum atomic E-state index is -1.29. The summed E-state index contributed by atoms with van der Waals surface area (Å²) in [4.78, 5) is 22.9. The van der Waals surface area contributed by atoms with E-state index < -0.39 is 17.6 Å². The summed E-state index contributed by atoms with van der Waals surface area (Å²) < 4.78 is 34.2. The number of aromatic nitrogens is 1. The number of amides is 1. The molecule has 6 nitrogen and oxygen atoms in total. The largest absolute Gasteiger partial charge is 0.490 e. The van der Waals surface area contributed by atoms with Gasteiger partial charge in [-0.3, -0.25) is 9.69 Å². The molecule has 0 fully saturated rings. The zero-order chi connectivity index (χ0) is 22.5. The molecule has 3 aromatic rings. The van der Waals surface area contributed by atoms with Gasteiger partial charge in [-0.05, 0) is 47.5 Å². The Labute approximate surface area is 183 Å². The van der Waals surface area contributed by atoms with Gasteiger partial charge in [0.25, 0.3) is 5.91 Å². The van der Waals surface area contributed by atoms with Gasteiger partial charge in [0.15, 0.2) is 11.5 Å². The molecule has 2 aromatic carbocycles. The number of rotatable bonds is 3. The minimum absolute atomic E-state index is 0.102. The van der Waals surface area contributed by atoms with Gasteiger partial charge >= 0.3 is 0 Å². The lowest BCUT2D eigenvalue weighted by Crippen LogP contribution is -2.46. The highest BCUT2D eigenvalue weighted by Gasteiger charge is 2.53. The van der Waals surface area contributed by atoms with E-state index in [9.17, 15) is 13.6 Å². The molecule has 5 rings (SSSR count). The van der Waals surface area contributed by atoms with Gasteiger partial charge in [0.05, 0.1) is 0 Å². The molecule has 3 heterocycles. The Morgan fingerprint density at radius 2 is 2.03 bits per heavy atom. The molecule has 0 bridgehead atoms. The van der Waals surface area contributed by atoms with E-state index in [0.29, 0.717) is 28.9 Å². The first kappa shape index (κ1) is 20.1. The van der Waals surface area contributed by atoms with Gasteiger partial charge in [0.2, 0.25) is 5.95 Å². The summed E-state index contributed by atoms with van der Waals surface area (Å²) in [7, 11) is 1.57. The zero-order valence-electron chi connectivity index (χ0n) is 17.3. The summed E-state index contributed by atoms with van der Waals surface area (Å²) in [6.07, 6.45) is 1.56. The summed E-state index contributed by atoms with van der Waals surface area (Å²) in [5.41, 5.74) is 6.85. The maximum Gasteiger partial charge on any atom is 0.261 e. The molecule has 32 heavy (non-hydrogen) atoms. The van der Waals surface area contributed by atoms with Gasteiger partial charge < -0.3 is 10.5 Å². The lowest BCUT2D eigenvalue weighted by atomic mass is 9.79. The lowest BCUT2D eigenvalue weighted by Gasteiger charge is -2.37. The first-order chi connectivity index (χ1) is 15.4. The van der Waals surface area contributed by atoms with E-state index in [-0.39, 0.29) is 24.1 Å². The Bertz CT molecular complexity index is 1260. The molecule has 1 aromatic heterocycles. The monoisotopic (exact) mass is 434 g/mol. The molecule has 8 heteroatoms. The average Bonchev–Trinajstić information content (AvgIpc) is 2.98. The Morgan fingerprint density at radius 3 is 2.75 bits per heavy atom. The number of ether oxygens (including phenoxy) is 1. The number of hydrogen-bond acceptors (Lipinski definition) is 5. The fourth-order valence-electron chi connectivity index (χ4n) is 4.43. The highest BCUT2D eigenvalue weighted by Crippen LogP contribution is 2.47. The second-order valence-electron chi connectivity index (χ2n) is 8.03. The van der Waals surface area contributed by atoms with Crippen LogP contribution in [0.25, 0.3) is 11.1 Å². The van der Waals surface area contributed by atoms with Gasteiger partial charge in [-0.1, -0.05) is 18.2 Å². The van der Waals surface area contributed by atoms with E-state index in [4.69, 9.17) is 10.5 Å². The third kappa shape index (κ3) is 3.19. The fraction of sp³-hybridized carbons (Fsp3) is 0.208. The fourth-order valence-corrected chi connectivity index (χ4v) is 4.43. The third-order valence-corrected chi connectivity index (χ3v) is 5.97. The number of benzene rings is 2. The summed E-state index contributed by atoms with van der Waals surface area (Å²) >= 11 is 0. The number of nitrogens with two attached hydrogens (primary N) is 1. The third-order valence-electron chi connectivity index (χ3n) is 5.97. The number of likely N-dealkylation sites (N-methyl/N-ethyl adjacent to an activating group) is 1. The number of hydrogen-bond donors (Lipinski definition) is 1. The molecule has 162 valence electrons. The van der Waals surface area contributed by atoms with E-state index in [0.717, 1.165) is 5.56 Å². The van der Waals surface area contributed by atoms with Crippen molar-refractivity contribution < 1.29 is 18.3 Å². The maximum absolute atomic E-state index is 14.3. The summed E-state index contributed by atoms with van der Waals surface area (Å²) in [5.74, 6) is -0.667. The van der Waals surface area contributed by atoms with Crippen LogP contribution >= 0.6 is 0 Å². The van der Waals surface area contributed by atoms with Crippen LogP contribution in [0.3, 0.4) is 0 Å². The van der Waals surface area contributed by atoms with Gasteiger partial charge in [-0.2, -0.15) is 4.39 Å². The van der Waals surface area contributed by atoms with Gasteiger partial charge in [0, 0.05) is 37.2 Å². The quantitative estimate of drug-likeness (QED) is 0.641. The number of pyridine rings is 1. The van der Waals surface area contributed by atoms with Crippen LogP contribution in [0.4, 0.5) is 8.78 Å². The van der Waals surface area contributed by atoms with Crippen molar-refractivity contribution in [3.8, 4) is 16.9 Å². The highest BCUT2D eigenvalue weighted by atomic mass is 19.1. The molecule has 1 spiro atoms. The molecule has 2 aliphatic heterocycles. The van der Waals surface area contributed by atoms with Crippen LogP contribution in [0.15, 0.2) is 65.8 Å². The number of aliphatic imine (C=N–C) groups is 1. The SMILES string of the molecule is CN1C(=O)C2(CC(Cc3cccc(F)c3)Oc3ccc(-c4cccnc4F)cc32)N=C1N. The molecule has 0 aliphatic carbocycles. The van der Waals surface area contributed by atoms with Crippen molar-refractivity contribution in [1.29, 1.82) is 0 Å². The van der Waals surface area contributed by atoms with Gasteiger partial charge in [-0.25, -0.2) is 14.4 Å². The standard InChI is InChI=1S/C24H20F2N4O2/c1-30-22(31)24(29-23(30)27)13-17(11-14-4-2-5-16(25)10-14)32-20-8-7-15(12-19(20)24)18-6-3-9-28-21(18)26/h2-10,12,17H,11,13H2,1H3,(H2,27,29). The van der Waals surface area contributed by atoms with Crippen LogP contribution in [0.2, 0.25) is 0 Å². The van der Waals surface area contributed by atoms with Gasteiger partial charge in [0.1, 0.15) is 17.7 Å². The first-order valence-corrected chi connectivity index (χ1v) is 10.2. The normalized spacial score (nSPS) is 22.0. The smallest absolute Gasteiger partial charge is 0.261 e. The molecule has 2 unspecified atom stereocenters. The van der Waals surface area contributed by atoms with Crippen LogP contribution < -0.4 is 10.5 Å². The molecule has 0 saturated carbocycles. The summed E-state index contributed by atoms with van der Waals surface area (Å²) in [5, 5.41) is 0. The maximum atomic E-state index is 14.3. The van der Waals surface area contributed by atoms with Crippen molar-refractivity contribution in [2.75, 3.05) is 7.05 Å². The van der Waals surface area contributed by atoms with Crippen molar-refractivity contribution >= 4 is 11.9 Å². The molecule has 2 atom stereocenters. The lowest BCUT2D eigenvalue weighted by molar-refractivity contribution is -0.132. The Hall–Kier alpha value is -3.81. The Kier molecular flexibility index (Phi) is 4.65. The van der Waals surface area contributed by atoms with Crippen LogP contribution in [-0.4, -0.2) is 34.9 Å². The summed E-state index contributed by atoms with van der Waals surface area (Å²) in [6.45, 7) is 0. The van der Waals surface area contributed by atoms with E-state index in [1.165, 1.54) is 23.2 Å². The predicted octanol–water partition coefficient (Wildman–Crippen LogP) is 3.40. The Morgan fingerprint density at radius 1 is 1.19 bits per heavy atom. The van der Waals surface area contributed by atoms with Crippen LogP contribution in [-0.2, 0) is 16.8 Å². The number of carbonyl (C=O) groups excluding carboxylic acids is 1. The van der Waals surface area contributed by atoms with Crippen molar-refractivity contribution in [3.63, 3.8) is 0 Å². The number of guanidine groups is 1. The average molecular weight is 434 g/mol. The van der Waals surface area contributed by atoms with Gasteiger partial charge in [-0.15, -0.1) is 0 Å². The van der Waals surface area contributed by atoms with Crippen molar-refractivity contribution in [2.45, 2.75) is 24.5 Å². The van der Waals surface area contributed by atoms with Crippen LogP contribution in [0, 0.1) is 11.8 Å². The molecule has 2 aliphatic rings. The molecular formula is C24H20F2N4O2. The second kappa shape index (κ2) is 7.40. The van der Waals surface area contributed by atoms with Crippen LogP contribution in [0.1, 0.15) is 17.5 Å². The van der Waals surface area contributed by atoms with E-state index in [1.807, 2.05) is 6.07 Å². The van der Waals surface area contributed by atoms with E-state index in [1.54, 1.807) is 43.4 Å². The predicted molar refractivity (Wildman–Crippen MR) is 115 cm³/mol. The zero-order valence-corrected chi connectivity index (χ0v) is 17.3. The van der Waals surface area contributed by atoms with Crippen molar-refractivity contribution in [1.82, 2.24) is 9.88 Å². The molecular weight excluding hydrogens is 414 g/mol. The Balaban J connectivity index is 1.61. The van der Waals surface area contributed by atoms with Crippen LogP contribution in [0.5, 0.6) is 5.75 Å². The molecule has 0 radical (unpaired) electrons. The van der Waals surface area contributed by atoms with Crippen molar-refractivity contribution in [3.05, 3.63) is 83.7 Å². The second-order valence-corrected chi connectivity index (χ2v) is 8.03. The van der Waals surface area contributed by atoms with E-state index in [2.05, 4.69) is 9.98 Å². The topological polar surface area (TPSA) is 80.8 Å². The number of carbonyl (C=O) groups is 1. The summed E-state index contributed by atoms with van der Waals surface area (Å²) in [6, 6.07) is 14.7. The molecule has 1 amide bonds. The van der Waals surface area contributed by atoms with E-state index >= 15 is 0 Å². The minimum Gasteiger partial charge on any atom is -0.490 e. The number of halogens is 2. The first-order valence-electron chi connectivity index (χ1n) is 10.2. The molecule has 0 saturated heterocycles.